The first-order chi connectivity index (χ1) is 9.54. The zero-order valence-corrected chi connectivity index (χ0v) is 10.6. The summed E-state index contributed by atoms with van der Waals surface area (Å²) in [6, 6.07) is 5.94. The molecule has 2 amide bonds. The number of rotatable bonds is 3. The molecule has 0 aromatic heterocycles. The molecule has 1 aliphatic rings. The third kappa shape index (κ3) is 2.45. The maximum absolute atomic E-state index is 11.8. The molecule has 0 bridgehead atoms. The molecule has 5 heteroatoms. The molecule has 0 aliphatic carbocycles. The number of carbonyl (C=O) groups excluding carboxylic acids is 3. The van der Waals surface area contributed by atoms with E-state index in [9.17, 15) is 14.4 Å². The predicted molar refractivity (Wildman–Crippen MR) is 71.8 cm³/mol. The lowest BCUT2D eigenvalue weighted by Gasteiger charge is -2.13. The molecule has 0 atom stereocenters. The molecule has 0 radical (unpaired) electrons. The fourth-order valence-electron chi connectivity index (χ4n) is 1.81. The predicted octanol–water partition coefficient (Wildman–Crippen LogP) is 1.30. The molecule has 1 aliphatic heterocycles. The third-order valence-electron chi connectivity index (χ3n) is 2.77. The van der Waals surface area contributed by atoms with Gasteiger partial charge in [0.2, 0.25) is 5.91 Å². The number of esters is 1. The van der Waals surface area contributed by atoms with E-state index in [0.717, 1.165) is 4.90 Å². The molecule has 5 nitrogen and oxygen atoms in total. The highest BCUT2D eigenvalue weighted by Gasteiger charge is 2.33. The fraction of sp³-hybridized carbons (Fsp3) is 0.133. The van der Waals surface area contributed by atoms with Crippen molar-refractivity contribution in [1.82, 2.24) is 0 Å². The van der Waals surface area contributed by atoms with Gasteiger partial charge >= 0.3 is 5.97 Å². The molecule has 2 rings (SSSR count). The van der Waals surface area contributed by atoms with Crippen LogP contribution in [0.25, 0.3) is 0 Å². The molecule has 0 saturated carbocycles. The van der Waals surface area contributed by atoms with Crippen molar-refractivity contribution in [2.24, 2.45) is 0 Å². The Morgan fingerprint density at radius 1 is 1.35 bits per heavy atom. The molecule has 1 heterocycles. The van der Waals surface area contributed by atoms with Gasteiger partial charge in [-0.3, -0.25) is 9.59 Å². The van der Waals surface area contributed by atoms with Gasteiger partial charge in [-0.15, -0.1) is 6.42 Å². The lowest BCUT2D eigenvalue weighted by molar-refractivity contribution is -0.120. The van der Waals surface area contributed by atoms with E-state index in [0.29, 0.717) is 11.3 Å². The number of hydrogen-bond acceptors (Lipinski definition) is 4. The van der Waals surface area contributed by atoms with Crippen molar-refractivity contribution in [1.29, 1.82) is 0 Å². The second-order valence-corrected chi connectivity index (χ2v) is 4.14. The van der Waals surface area contributed by atoms with Gasteiger partial charge in [-0.1, -0.05) is 12.5 Å². The first-order valence-electron chi connectivity index (χ1n) is 5.80. The van der Waals surface area contributed by atoms with E-state index in [-0.39, 0.29) is 24.5 Å². The van der Waals surface area contributed by atoms with Gasteiger partial charge in [-0.25, -0.2) is 9.69 Å². The number of carbonyl (C=O) groups is 3. The van der Waals surface area contributed by atoms with Gasteiger partial charge in [0.25, 0.3) is 5.91 Å². The van der Waals surface area contributed by atoms with Gasteiger partial charge in [0.05, 0.1) is 17.7 Å². The zero-order chi connectivity index (χ0) is 14.7. The van der Waals surface area contributed by atoms with E-state index >= 15 is 0 Å². The molecule has 0 N–H and O–H groups in total. The van der Waals surface area contributed by atoms with Crippen molar-refractivity contribution in [3.63, 3.8) is 0 Å². The van der Waals surface area contributed by atoms with Crippen molar-refractivity contribution in [3.05, 3.63) is 42.0 Å². The number of benzene rings is 1. The van der Waals surface area contributed by atoms with Crippen LogP contribution < -0.4 is 4.90 Å². The topological polar surface area (TPSA) is 63.7 Å². The fourth-order valence-corrected chi connectivity index (χ4v) is 1.81. The molecule has 1 aromatic carbocycles. The van der Waals surface area contributed by atoms with Crippen LogP contribution in [0.5, 0.6) is 0 Å². The van der Waals surface area contributed by atoms with Crippen LogP contribution in [0, 0.1) is 12.3 Å². The molecular weight excluding hydrogens is 258 g/mol. The Kier molecular flexibility index (Phi) is 3.67. The summed E-state index contributed by atoms with van der Waals surface area (Å²) in [7, 11) is 0. The standard InChI is InChI=1S/C15H11NO4/c1-3-8-20-15(19)11-4-6-12(7-5-11)16-13(17)9-10(2)14(16)18/h1,4-7H,2,8-9H2. The highest BCUT2D eigenvalue weighted by Crippen LogP contribution is 2.25. The number of imide groups is 1. The van der Waals surface area contributed by atoms with Crippen LogP contribution in [0.2, 0.25) is 0 Å². The summed E-state index contributed by atoms with van der Waals surface area (Å²) in [5.74, 6) is 0.884. The molecule has 1 fully saturated rings. The van der Waals surface area contributed by atoms with Gasteiger partial charge in [-0.05, 0) is 24.3 Å². The van der Waals surface area contributed by atoms with Gasteiger partial charge in [-0.2, -0.15) is 0 Å². The summed E-state index contributed by atoms with van der Waals surface area (Å²) in [5.41, 5.74) is 0.946. The SMILES string of the molecule is C#CCOC(=O)c1ccc(N2C(=O)CC(=C)C2=O)cc1. The van der Waals surface area contributed by atoms with Crippen LogP contribution in [-0.4, -0.2) is 24.4 Å². The lowest BCUT2D eigenvalue weighted by atomic mass is 10.2. The molecular formula is C15H11NO4. The van der Waals surface area contributed by atoms with Crippen LogP contribution in [0.15, 0.2) is 36.4 Å². The Morgan fingerprint density at radius 3 is 2.50 bits per heavy atom. The molecule has 0 unspecified atom stereocenters. The summed E-state index contributed by atoms with van der Waals surface area (Å²) in [4.78, 5) is 36.0. The van der Waals surface area contributed by atoms with E-state index in [2.05, 4.69) is 12.5 Å². The first-order valence-corrected chi connectivity index (χ1v) is 5.80. The van der Waals surface area contributed by atoms with Crippen LogP contribution >= 0.6 is 0 Å². The number of ether oxygens (including phenoxy) is 1. The minimum Gasteiger partial charge on any atom is -0.449 e. The van der Waals surface area contributed by atoms with E-state index in [4.69, 9.17) is 11.2 Å². The largest absolute Gasteiger partial charge is 0.449 e. The quantitative estimate of drug-likeness (QED) is 0.359. The Bertz CT molecular complexity index is 637. The maximum Gasteiger partial charge on any atom is 0.339 e. The monoisotopic (exact) mass is 269 g/mol. The van der Waals surface area contributed by atoms with E-state index in [1.165, 1.54) is 24.3 Å². The smallest absolute Gasteiger partial charge is 0.339 e. The second kappa shape index (κ2) is 5.41. The van der Waals surface area contributed by atoms with Gasteiger partial charge in [0.15, 0.2) is 6.61 Å². The Labute approximate surface area is 115 Å². The summed E-state index contributed by atoms with van der Waals surface area (Å²) in [6.45, 7) is 3.43. The number of terminal acetylenes is 1. The van der Waals surface area contributed by atoms with Crippen molar-refractivity contribution in [2.75, 3.05) is 11.5 Å². The Morgan fingerprint density at radius 2 is 2.00 bits per heavy atom. The Hall–Kier alpha value is -2.87. The van der Waals surface area contributed by atoms with Crippen molar-refractivity contribution >= 4 is 23.5 Å². The van der Waals surface area contributed by atoms with Crippen LogP contribution in [0.4, 0.5) is 5.69 Å². The highest BCUT2D eigenvalue weighted by atomic mass is 16.5. The summed E-state index contributed by atoms with van der Waals surface area (Å²) < 4.78 is 4.77. The normalized spacial score (nSPS) is 14.3. The first kappa shape index (κ1) is 13.6. The highest BCUT2D eigenvalue weighted by molar-refractivity contribution is 6.27. The number of anilines is 1. The Balaban J connectivity index is 2.19. The van der Waals surface area contributed by atoms with Gasteiger partial charge in [0.1, 0.15) is 0 Å². The molecule has 1 aromatic rings. The minimum absolute atomic E-state index is 0.0186. The average Bonchev–Trinajstić information content (AvgIpc) is 2.70. The zero-order valence-electron chi connectivity index (χ0n) is 10.6. The minimum atomic E-state index is -0.557. The van der Waals surface area contributed by atoms with E-state index in [1.54, 1.807) is 0 Å². The van der Waals surface area contributed by atoms with Crippen molar-refractivity contribution in [3.8, 4) is 12.3 Å². The summed E-state index contributed by atoms with van der Waals surface area (Å²) in [5, 5.41) is 0. The van der Waals surface area contributed by atoms with Crippen molar-refractivity contribution < 1.29 is 19.1 Å². The molecule has 1 saturated heterocycles. The van der Waals surface area contributed by atoms with Gasteiger partial charge < -0.3 is 4.74 Å². The maximum atomic E-state index is 11.8. The molecule has 20 heavy (non-hydrogen) atoms. The summed E-state index contributed by atoms with van der Waals surface area (Å²) >= 11 is 0. The van der Waals surface area contributed by atoms with Gasteiger partial charge in [0, 0.05) is 5.57 Å². The van der Waals surface area contributed by atoms with Crippen LogP contribution in [0.3, 0.4) is 0 Å². The summed E-state index contributed by atoms with van der Waals surface area (Å²) in [6.07, 6.45) is 5.01. The molecule has 0 spiro atoms. The van der Waals surface area contributed by atoms with Crippen LogP contribution in [-0.2, 0) is 14.3 Å². The van der Waals surface area contributed by atoms with E-state index in [1.807, 2.05) is 0 Å². The molecule has 100 valence electrons. The number of hydrogen-bond donors (Lipinski definition) is 0. The third-order valence-corrected chi connectivity index (χ3v) is 2.77. The van der Waals surface area contributed by atoms with Crippen molar-refractivity contribution in [2.45, 2.75) is 6.42 Å². The number of nitrogens with zero attached hydrogens (tertiary/aromatic N) is 1. The van der Waals surface area contributed by atoms with Crippen LogP contribution in [0.1, 0.15) is 16.8 Å². The average molecular weight is 269 g/mol. The number of amides is 2. The second-order valence-electron chi connectivity index (χ2n) is 4.14. The van der Waals surface area contributed by atoms with E-state index < -0.39 is 11.9 Å². The lowest BCUT2D eigenvalue weighted by Crippen LogP contribution is -2.28.